The summed E-state index contributed by atoms with van der Waals surface area (Å²) in [6, 6.07) is 9.03. The Morgan fingerprint density at radius 1 is 1.31 bits per heavy atom. The van der Waals surface area contributed by atoms with Crippen LogP contribution in [0.5, 0.6) is 5.75 Å². The summed E-state index contributed by atoms with van der Waals surface area (Å²) in [6.45, 7) is 9.54. The molecule has 26 heavy (non-hydrogen) atoms. The Kier molecular flexibility index (Phi) is 4.36. The van der Waals surface area contributed by atoms with Crippen LogP contribution in [0.3, 0.4) is 0 Å². The number of nitrogen functional groups attached to an aromatic ring is 1. The van der Waals surface area contributed by atoms with E-state index in [0.717, 1.165) is 0 Å². The second-order valence-corrected chi connectivity index (χ2v) is 6.50. The van der Waals surface area contributed by atoms with Gasteiger partial charge in [0.15, 0.2) is 5.60 Å². The number of hydrogen-bond donors (Lipinski definition) is 1. The van der Waals surface area contributed by atoms with Crippen molar-refractivity contribution in [1.82, 2.24) is 0 Å². The average Bonchev–Trinajstić information content (AvgIpc) is 2.56. The van der Waals surface area contributed by atoms with Gasteiger partial charge in [0, 0.05) is 23.0 Å². The summed E-state index contributed by atoms with van der Waals surface area (Å²) in [5, 5.41) is 0. The summed E-state index contributed by atoms with van der Waals surface area (Å²) in [7, 11) is 0. The number of nitrogens with two attached hydrogens (primary N) is 1. The van der Waals surface area contributed by atoms with Crippen LogP contribution in [0.15, 0.2) is 43.0 Å². The van der Waals surface area contributed by atoms with E-state index in [0.29, 0.717) is 40.7 Å². The summed E-state index contributed by atoms with van der Waals surface area (Å²) in [6.07, 6.45) is 0. The maximum absolute atomic E-state index is 13.4. The lowest BCUT2D eigenvalue weighted by atomic mass is 9.99. The van der Waals surface area contributed by atoms with Crippen LogP contribution in [0.4, 0.5) is 21.5 Å². The Hall–Kier alpha value is -3.02. The minimum atomic E-state index is -1.11. The van der Waals surface area contributed by atoms with Crippen molar-refractivity contribution in [2.45, 2.75) is 26.4 Å². The second-order valence-electron chi connectivity index (χ2n) is 6.50. The molecule has 0 aliphatic carbocycles. The lowest BCUT2D eigenvalue weighted by Crippen LogP contribution is -2.50. The first-order chi connectivity index (χ1) is 12.2. The van der Waals surface area contributed by atoms with Gasteiger partial charge in [-0.1, -0.05) is 6.58 Å². The van der Waals surface area contributed by atoms with Gasteiger partial charge in [-0.2, -0.15) is 0 Å². The lowest BCUT2D eigenvalue weighted by molar-refractivity contribution is -0.131. The van der Waals surface area contributed by atoms with Crippen LogP contribution >= 0.6 is 0 Å². The third-order valence-electron chi connectivity index (χ3n) is 4.11. The highest BCUT2D eigenvalue weighted by atomic mass is 19.1. The minimum absolute atomic E-state index is 0.285. The lowest BCUT2D eigenvalue weighted by Gasteiger charge is -2.40. The number of rotatable bonds is 4. The number of amides is 1. The maximum atomic E-state index is 13.4. The number of halogens is 1. The normalized spacial score (nSPS) is 15.2. The number of carbonyl (C=O) groups excluding carboxylic acids is 1. The molecular formula is C20H21FN2O3. The Labute approximate surface area is 151 Å². The molecule has 1 amide bonds. The predicted molar refractivity (Wildman–Crippen MR) is 99.8 cm³/mol. The van der Waals surface area contributed by atoms with Crippen molar-refractivity contribution in [3.8, 4) is 5.75 Å². The van der Waals surface area contributed by atoms with Crippen LogP contribution in [0, 0.1) is 5.82 Å². The van der Waals surface area contributed by atoms with Gasteiger partial charge in [0.2, 0.25) is 0 Å². The molecule has 6 heteroatoms. The molecule has 0 radical (unpaired) electrons. The number of fused-ring (bicyclic) bond motifs is 1. The van der Waals surface area contributed by atoms with E-state index in [1.54, 1.807) is 38.1 Å². The average molecular weight is 356 g/mol. The molecule has 0 unspecified atom stereocenters. The van der Waals surface area contributed by atoms with Gasteiger partial charge >= 0.3 is 0 Å². The monoisotopic (exact) mass is 356 g/mol. The molecule has 0 saturated heterocycles. The van der Waals surface area contributed by atoms with Gasteiger partial charge in [0.05, 0.1) is 6.61 Å². The Morgan fingerprint density at radius 2 is 1.96 bits per heavy atom. The van der Waals surface area contributed by atoms with Crippen LogP contribution in [0.1, 0.15) is 26.3 Å². The molecule has 0 atom stereocenters. The van der Waals surface area contributed by atoms with Crippen molar-refractivity contribution in [2.75, 3.05) is 17.2 Å². The van der Waals surface area contributed by atoms with Crippen molar-refractivity contribution in [2.24, 2.45) is 0 Å². The molecule has 1 aliphatic heterocycles. The number of hydrogen-bond acceptors (Lipinski definition) is 4. The summed E-state index contributed by atoms with van der Waals surface area (Å²) < 4.78 is 24.8. The Balaban J connectivity index is 2.27. The molecule has 3 rings (SSSR count). The van der Waals surface area contributed by atoms with E-state index in [4.69, 9.17) is 15.2 Å². The molecule has 0 aromatic heterocycles. The third-order valence-corrected chi connectivity index (χ3v) is 4.11. The Bertz CT molecular complexity index is 875. The van der Waals surface area contributed by atoms with Crippen LogP contribution in [0.2, 0.25) is 0 Å². The van der Waals surface area contributed by atoms with Crippen LogP contribution in [-0.2, 0) is 9.53 Å². The zero-order valence-electron chi connectivity index (χ0n) is 15.0. The fourth-order valence-corrected chi connectivity index (χ4v) is 2.93. The largest absolute Gasteiger partial charge is 0.494 e. The number of nitrogens with zero attached hydrogens (tertiary/aromatic N) is 1. The van der Waals surface area contributed by atoms with E-state index < -0.39 is 5.60 Å². The highest BCUT2D eigenvalue weighted by Gasteiger charge is 2.43. The first-order valence-electron chi connectivity index (χ1n) is 8.29. The van der Waals surface area contributed by atoms with E-state index in [1.165, 1.54) is 17.0 Å². The van der Waals surface area contributed by atoms with E-state index in [2.05, 4.69) is 6.58 Å². The quantitative estimate of drug-likeness (QED) is 0.657. The number of benzene rings is 2. The van der Waals surface area contributed by atoms with Gasteiger partial charge in [-0.15, -0.1) is 0 Å². The molecule has 0 bridgehead atoms. The molecule has 5 nitrogen and oxygen atoms in total. The van der Waals surface area contributed by atoms with Crippen molar-refractivity contribution < 1.29 is 18.7 Å². The molecule has 2 aromatic carbocycles. The van der Waals surface area contributed by atoms with Gasteiger partial charge in [0.1, 0.15) is 23.0 Å². The van der Waals surface area contributed by atoms with E-state index >= 15 is 0 Å². The molecular weight excluding hydrogens is 335 g/mol. The van der Waals surface area contributed by atoms with Gasteiger partial charge in [-0.3, -0.25) is 9.69 Å². The first-order valence-corrected chi connectivity index (χ1v) is 8.29. The van der Waals surface area contributed by atoms with Crippen LogP contribution in [0.25, 0.3) is 5.76 Å². The topological polar surface area (TPSA) is 64.8 Å². The number of ether oxygens (including phenoxy) is 2. The minimum Gasteiger partial charge on any atom is -0.494 e. The molecule has 0 spiro atoms. The molecule has 136 valence electrons. The summed E-state index contributed by atoms with van der Waals surface area (Å²) in [5.74, 6) is 0.145. The highest BCUT2D eigenvalue weighted by Crippen LogP contribution is 2.47. The van der Waals surface area contributed by atoms with E-state index in [1.807, 2.05) is 6.92 Å². The van der Waals surface area contributed by atoms with Crippen LogP contribution in [-0.4, -0.2) is 18.1 Å². The summed E-state index contributed by atoms with van der Waals surface area (Å²) in [5.41, 5.74) is 6.91. The van der Waals surface area contributed by atoms with Crippen molar-refractivity contribution in [3.05, 3.63) is 54.4 Å². The van der Waals surface area contributed by atoms with E-state index in [9.17, 15) is 9.18 Å². The molecule has 0 fully saturated rings. The summed E-state index contributed by atoms with van der Waals surface area (Å²) in [4.78, 5) is 14.6. The SMILES string of the molecule is C=C(OCC)c1cc(N)cc2c1N(c1ccc(F)cc1)C(=O)C(C)(C)O2. The van der Waals surface area contributed by atoms with Gasteiger partial charge in [-0.25, -0.2) is 4.39 Å². The fourth-order valence-electron chi connectivity index (χ4n) is 2.93. The van der Waals surface area contributed by atoms with Gasteiger partial charge in [-0.05, 0) is 51.1 Å². The zero-order chi connectivity index (χ0) is 19.1. The van der Waals surface area contributed by atoms with Crippen molar-refractivity contribution >= 4 is 28.7 Å². The van der Waals surface area contributed by atoms with E-state index in [-0.39, 0.29) is 11.7 Å². The molecule has 2 aromatic rings. The standard InChI is InChI=1S/C20H21FN2O3/c1-5-25-12(2)16-10-14(22)11-17-18(16)23(19(24)20(3,4)26-17)15-8-6-13(21)7-9-15/h6-11H,2,5,22H2,1,3-4H3. The predicted octanol–water partition coefficient (Wildman–Crippen LogP) is 4.25. The van der Waals surface area contributed by atoms with Gasteiger partial charge in [0.25, 0.3) is 5.91 Å². The van der Waals surface area contributed by atoms with Crippen molar-refractivity contribution in [1.29, 1.82) is 0 Å². The second kappa shape index (κ2) is 6.37. The molecule has 1 aliphatic rings. The molecule has 1 heterocycles. The van der Waals surface area contributed by atoms with Gasteiger partial charge < -0.3 is 15.2 Å². The summed E-state index contributed by atoms with van der Waals surface area (Å²) >= 11 is 0. The highest BCUT2D eigenvalue weighted by molar-refractivity contribution is 6.10. The number of carbonyl (C=O) groups is 1. The first kappa shape index (κ1) is 17.8. The van der Waals surface area contributed by atoms with Crippen molar-refractivity contribution in [3.63, 3.8) is 0 Å². The zero-order valence-corrected chi connectivity index (χ0v) is 15.0. The number of anilines is 3. The smallest absolute Gasteiger partial charge is 0.275 e. The van der Waals surface area contributed by atoms with Crippen LogP contribution < -0.4 is 15.4 Å². The molecule has 0 saturated carbocycles. The molecule has 2 N–H and O–H groups in total. The Morgan fingerprint density at radius 3 is 2.58 bits per heavy atom. The third kappa shape index (κ3) is 2.98. The fraction of sp³-hybridized carbons (Fsp3) is 0.250. The maximum Gasteiger partial charge on any atom is 0.275 e.